The molecule has 2 heterocycles. The Morgan fingerprint density at radius 2 is 1.93 bits per heavy atom. The first kappa shape index (κ1) is 21.1. The Kier molecular flexibility index (Phi) is 6.41. The lowest BCUT2D eigenvalue weighted by molar-refractivity contribution is -0.385. The maximum Gasteiger partial charge on any atom is 0.307 e. The molecule has 0 aliphatic heterocycles. The van der Waals surface area contributed by atoms with Gasteiger partial charge in [-0.3, -0.25) is 24.3 Å². The Labute approximate surface area is 180 Å². The number of nitrogens with one attached hydrogen (secondary N) is 1. The molecule has 0 bridgehead atoms. The zero-order valence-corrected chi connectivity index (χ0v) is 17.3. The van der Waals surface area contributed by atoms with Crippen molar-refractivity contribution in [1.29, 1.82) is 0 Å². The minimum absolute atomic E-state index is 0.153. The predicted molar refractivity (Wildman–Crippen MR) is 110 cm³/mol. The van der Waals surface area contributed by atoms with E-state index in [1.165, 1.54) is 21.8 Å². The highest BCUT2D eigenvalue weighted by atomic mass is 35.5. The van der Waals surface area contributed by atoms with Crippen molar-refractivity contribution in [3.8, 4) is 0 Å². The van der Waals surface area contributed by atoms with Gasteiger partial charge in [-0.05, 0) is 18.6 Å². The topological polar surface area (TPSA) is 108 Å². The molecular weight excluding hydrogens is 443 g/mol. The molecule has 3 aromatic rings. The average molecular weight is 458 g/mol. The number of hydrogen-bond acceptors (Lipinski definition) is 5. The fourth-order valence-electron chi connectivity index (χ4n) is 2.69. The van der Waals surface area contributed by atoms with E-state index < -0.39 is 16.9 Å². The minimum Gasteiger partial charge on any atom is -0.306 e. The molecule has 9 nitrogen and oxygen atoms in total. The van der Waals surface area contributed by atoms with Crippen LogP contribution in [0.2, 0.25) is 15.1 Å². The Morgan fingerprint density at radius 3 is 2.52 bits per heavy atom. The van der Waals surface area contributed by atoms with E-state index in [2.05, 4.69) is 15.5 Å². The monoisotopic (exact) mass is 456 g/mol. The van der Waals surface area contributed by atoms with Gasteiger partial charge in [0.2, 0.25) is 5.91 Å². The summed E-state index contributed by atoms with van der Waals surface area (Å²) >= 11 is 18.6. The number of halogens is 3. The van der Waals surface area contributed by atoms with E-state index in [0.717, 1.165) is 6.20 Å². The van der Waals surface area contributed by atoms with Gasteiger partial charge in [-0.25, -0.2) is 0 Å². The number of anilines is 1. The Morgan fingerprint density at radius 1 is 1.24 bits per heavy atom. The van der Waals surface area contributed by atoms with Gasteiger partial charge in [-0.15, -0.1) is 0 Å². The maximum atomic E-state index is 12.7. The van der Waals surface area contributed by atoms with Gasteiger partial charge in [0.15, 0.2) is 5.82 Å². The molecule has 0 radical (unpaired) electrons. The summed E-state index contributed by atoms with van der Waals surface area (Å²) in [6.07, 6.45) is 4.19. The molecule has 0 saturated carbocycles. The van der Waals surface area contributed by atoms with Gasteiger partial charge in [0, 0.05) is 21.8 Å². The minimum atomic E-state index is -0.761. The third-order valence-corrected chi connectivity index (χ3v) is 5.13. The number of hydrogen-bond donors (Lipinski definition) is 1. The van der Waals surface area contributed by atoms with Crippen LogP contribution in [0.3, 0.4) is 0 Å². The first-order chi connectivity index (χ1) is 13.8. The fraction of sp³-hybridized carbons (Fsp3) is 0.235. The van der Waals surface area contributed by atoms with Crippen molar-refractivity contribution >= 4 is 52.2 Å². The van der Waals surface area contributed by atoms with Crippen LogP contribution >= 0.6 is 34.8 Å². The van der Waals surface area contributed by atoms with Crippen LogP contribution < -0.4 is 5.32 Å². The van der Waals surface area contributed by atoms with Gasteiger partial charge in [-0.2, -0.15) is 10.2 Å². The van der Waals surface area contributed by atoms with E-state index in [9.17, 15) is 14.9 Å². The number of aromatic nitrogens is 4. The maximum absolute atomic E-state index is 12.7. The standard InChI is InChI=1S/C17H15Cl3N6O3/c1-2-15(25-7-10(6-21-25)26(28)29)17(27)22-16-14(20)9-24(23-16)8-11-12(18)4-3-5-13(11)19/h3-7,9,15H,2,8H2,1H3,(H,22,23,27). The number of amides is 1. The third kappa shape index (κ3) is 4.69. The summed E-state index contributed by atoms with van der Waals surface area (Å²) in [5.41, 5.74) is 0.471. The third-order valence-electron chi connectivity index (χ3n) is 4.15. The van der Waals surface area contributed by atoms with Gasteiger partial charge < -0.3 is 5.32 Å². The molecule has 1 aromatic carbocycles. The van der Waals surface area contributed by atoms with E-state index in [4.69, 9.17) is 34.8 Å². The Balaban J connectivity index is 1.77. The smallest absolute Gasteiger partial charge is 0.306 e. The van der Waals surface area contributed by atoms with Gasteiger partial charge >= 0.3 is 5.69 Å². The van der Waals surface area contributed by atoms with Crippen LogP contribution in [0.5, 0.6) is 0 Å². The molecule has 29 heavy (non-hydrogen) atoms. The first-order valence-electron chi connectivity index (χ1n) is 8.45. The van der Waals surface area contributed by atoms with Crippen molar-refractivity contribution in [3.05, 3.63) is 67.5 Å². The van der Waals surface area contributed by atoms with E-state index in [-0.39, 0.29) is 23.1 Å². The molecule has 0 fully saturated rings. The fourth-order valence-corrected chi connectivity index (χ4v) is 3.41. The SMILES string of the molecule is CCC(C(=O)Nc1nn(Cc2c(Cl)cccc2Cl)cc1Cl)n1cc([N+](=O)[O-])cn1. The lowest BCUT2D eigenvalue weighted by atomic mass is 10.2. The molecule has 152 valence electrons. The molecular formula is C17H15Cl3N6O3. The second-order valence-electron chi connectivity index (χ2n) is 6.07. The number of carbonyl (C=O) groups is 1. The lowest BCUT2D eigenvalue weighted by Crippen LogP contribution is -2.26. The average Bonchev–Trinajstić information content (AvgIpc) is 3.27. The van der Waals surface area contributed by atoms with Crippen LogP contribution in [0.4, 0.5) is 11.5 Å². The molecule has 1 unspecified atom stereocenters. The molecule has 0 aliphatic carbocycles. The van der Waals surface area contributed by atoms with E-state index in [0.29, 0.717) is 22.0 Å². The summed E-state index contributed by atoms with van der Waals surface area (Å²) in [4.78, 5) is 22.9. The van der Waals surface area contributed by atoms with Crippen LogP contribution in [0.15, 0.2) is 36.8 Å². The normalized spacial score (nSPS) is 12.0. The molecule has 0 aliphatic rings. The van der Waals surface area contributed by atoms with Crippen molar-refractivity contribution in [2.75, 3.05) is 5.32 Å². The number of nitro groups is 1. The zero-order valence-electron chi connectivity index (χ0n) is 15.1. The van der Waals surface area contributed by atoms with Crippen LogP contribution in [0.1, 0.15) is 24.9 Å². The van der Waals surface area contributed by atoms with Crippen molar-refractivity contribution < 1.29 is 9.72 Å². The van der Waals surface area contributed by atoms with Crippen molar-refractivity contribution in [1.82, 2.24) is 19.6 Å². The number of benzene rings is 1. The van der Waals surface area contributed by atoms with Gasteiger partial charge in [0.05, 0.1) is 11.5 Å². The highest BCUT2D eigenvalue weighted by Crippen LogP contribution is 2.27. The second kappa shape index (κ2) is 8.81. The molecule has 0 saturated heterocycles. The van der Waals surface area contributed by atoms with Crippen LogP contribution in [-0.4, -0.2) is 30.4 Å². The van der Waals surface area contributed by atoms with Crippen LogP contribution in [-0.2, 0) is 11.3 Å². The summed E-state index contributed by atoms with van der Waals surface area (Å²) in [5, 5.41) is 22.8. The summed E-state index contributed by atoms with van der Waals surface area (Å²) in [7, 11) is 0. The number of carbonyl (C=O) groups excluding carboxylic acids is 1. The molecule has 3 rings (SSSR count). The largest absolute Gasteiger partial charge is 0.307 e. The van der Waals surface area contributed by atoms with Crippen LogP contribution in [0.25, 0.3) is 0 Å². The molecule has 1 N–H and O–H groups in total. The molecule has 12 heteroatoms. The van der Waals surface area contributed by atoms with Crippen molar-refractivity contribution in [3.63, 3.8) is 0 Å². The molecule has 1 amide bonds. The van der Waals surface area contributed by atoms with Gasteiger partial charge in [-0.1, -0.05) is 47.8 Å². The Bertz CT molecular complexity index is 1040. The summed E-state index contributed by atoms with van der Waals surface area (Å²) in [6, 6.07) is 4.40. The molecule has 1 atom stereocenters. The van der Waals surface area contributed by atoms with Crippen molar-refractivity contribution in [2.45, 2.75) is 25.9 Å². The van der Waals surface area contributed by atoms with Crippen molar-refractivity contribution in [2.24, 2.45) is 0 Å². The predicted octanol–water partition coefficient (Wildman–Crippen LogP) is 4.59. The lowest BCUT2D eigenvalue weighted by Gasteiger charge is -2.14. The van der Waals surface area contributed by atoms with Crippen LogP contribution in [0, 0.1) is 10.1 Å². The highest BCUT2D eigenvalue weighted by Gasteiger charge is 2.23. The number of rotatable bonds is 7. The highest BCUT2D eigenvalue weighted by molar-refractivity contribution is 6.36. The number of nitrogens with zero attached hydrogens (tertiary/aromatic N) is 5. The summed E-state index contributed by atoms with van der Waals surface area (Å²) in [5.74, 6) is -0.298. The van der Waals surface area contributed by atoms with Gasteiger partial charge in [0.1, 0.15) is 23.5 Å². The summed E-state index contributed by atoms with van der Waals surface area (Å²) < 4.78 is 2.74. The second-order valence-corrected chi connectivity index (χ2v) is 7.29. The van der Waals surface area contributed by atoms with E-state index in [1.54, 1.807) is 25.1 Å². The first-order valence-corrected chi connectivity index (χ1v) is 9.58. The zero-order chi connectivity index (χ0) is 21.1. The van der Waals surface area contributed by atoms with E-state index in [1.807, 2.05) is 0 Å². The summed E-state index contributed by atoms with van der Waals surface area (Å²) in [6.45, 7) is 2.02. The quantitative estimate of drug-likeness (QED) is 0.412. The Hall–Kier alpha value is -2.62. The molecule has 0 spiro atoms. The van der Waals surface area contributed by atoms with Gasteiger partial charge in [0.25, 0.3) is 0 Å². The molecule has 2 aromatic heterocycles. The van der Waals surface area contributed by atoms with E-state index >= 15 is 0 Å².